The van der Waals surface area contributed by atoms with Gasteiger partial charge in [0.25, 0.3) is 5.91 Å². The Labute approximate surface area is 127 Å². The van der Waals surface area contributed by atoms with Crippen LogP contribution in [0.15, 0.2) is 30.5 Å². The molecule has 0 aliphatic rings. The molecule has 2 rings (SSSR count). The second-order valence-electron chi connectivity index (χ2n) is 4.60. The lowest BCUT2D eigenvalue weighted by Crippen LogP contribution is -2.38. The summed E-state index contributed by atoms with van der Waals surface area (Å²) in [6.45, 7) is 2.43. The molecular weight excluding hydrogens is 290 g/mol. The SMILES string of the molecule is CCN(C)C(=O)CNC(=O)c1cnc(Cl)c2ccccc12. The molecule has 0 fully saturated rings. The largest absolute Gasteiger partial charge is 0.345 e. The van der Waals surface area contributed by atoms with Crippen LogP contribution < -0.4 is 5.32 Å². The highest BCUT2D eigenvalue weighted by Crippen LogP contribution is 2.23. The van der Waals surface area contributed by atoms with Crippen LogP contribution in [0.2, 0.25) is 5.15 Å². The van der Waals surface area contributed by atoms with Gasteiger partial charge >= 0.3 is 0 Å². The average Bonchev–Trinajstić information content (AvgIpc) is 2.52. The maximum atomic E-state index is 12.2. The molecule has 0 aliphatic carbocycles. The van der Waals surface area contributed by atoms with E-state index in [1.807, 2.05) is 19.1 Å². The van der Waals surface area contributed by atoms with Crippen molar-refractivity contribution < 1.29 is 9.59 Å². The molecule has 2 amide bonds. The van der Waals surface area contributed by atoms with Crippen molar-refractivity contribution in [1.82, 2.24) is 15.2 Å². The molecule has 0 unspecified atom stereocenters. The van der Waals surface area contributed by atoms with Crippen LogP contribution in [0.4, 0.5) is 0 Å². The van der Waals surface area contributed by atoms with Crippen LogP contribution in [0.5, 0.6) is 0 Å². The second kappa shape index (κ2) is 6.54. The summed E-state index contributed by atoms with van der Waals surface area (Å²) >= 11 is 6.02. The summed E-state index contributed by atoms with van der Waals surface area (Å²) in [5, 5.41) is 4.39. The summed E-state index contributed by atoms with van der Waals surface area (Å²) in [6, 6.07) is 7.26. The zero-order valence-electron chi connectivity index (χ0n) is 11.9. The smallest absolute Gasteiger partial charge is 0.253 e. The van der Waals surface area contributed by atoms with E-state index in [1.54, 1.807) is 24.1 Å². The van der Waals surface area contributed by atoms with Crippen LogP contribution in [-0.4, -0.2) is 41.8 Å². The zero-order valence-corrected chi connectivity index (χ0v) is 12.6. The normalized spacial score (nSPS) is 10.4. The first-order valence-electron chi connectivity index (χ1n) is 6.60. The van der Waals surface area contributed by atoms with E-state index in [0.29, 0.717) is 28.0 Å². The lowest BCUT2D eigenvalue weighted by Gasteiger charge is -2.15. The Morgan fingerprint density at radius 2 is 1.95 bits per heavy atom. The lowest BCUT2D eigenvalue weighted by molar-refractivity contribution is -0.128. The van der Waals surface area contributed by atoms with Gasteiger partial charge in [0.05, 0.1) is 12.1 Å². The molecule has 0 atom stereocenters. The molecule has 0 spiro atoms. The number of likely N-dealkylation sites (N-methyl/N-ethyl adjacent to an activating group) is 1. The van der Waals surface area contributed by atoms with E-state index < -0.39 is 0 Å². The summed E-state index contributed by atoms with van der Waals surface area (Å²) in [6.07, 6.45) is 1.42. The van der Waals surface area contributed by atoms with Crippen LogP contribution in [0.25, 0.3) is 10.8 Å². The van der Waals surface area contributed by atoms with Crippen LogP contribution in [-0.2, 0) is 4.79 Å². The average molecular weight is 306 g/mol. The van der Waals surface area contributed by atoms with Crippen LogP contribution in [0, 0.1) is 0 Å². The van der Waals surface area contributed by atoms with Crippen molar-refractivity contribution >= 4 is 34.2 Å². The van der Waals surface area contributed by atoms with Gasteiger partial charge in [0, 0.05) is 25.2 Å². The van der Waals surface area contributed by atoms with Gasteiger partial charge in [-0.1, -0.05) is 35.9 Å². The molecule has 1 N–H and O–H groups in total. The van der Waals surface area contributed by atoms with Crippen molar-refractivity contribution in [1.29, 1.82) is 0 Å². The topological polar surface area (TPSA) is 62.3 Å². The molecule has 5 nitrogen and oxygen atoms in total. The Morgan fingerprint density at radius 1 is 1.29 bits per heavy atom. The fourth-order valence-electron chi connectivity index (χ4n) is 1.90. The number of aromatic nitrogens is 1. The Bertz CT molecular complexity index is 688. The van der Waals surface area contributed by atoms with E-state index in [9.17, 15) is 9.59 Å². The number of halogens is 1. The Balaban J connectivity index is 2.21. The number of carbonyl (C=O) groups is 2. The standard InChI is InChI=1S/C15H16ClN3O2/c1-3-19(2)13(20)9-18-15(21)12-8-17-14(16)11-7-5-4-6-10(11)12/h4-8H,3,9H2,1-2H3,(H,18,21). The van der Waals surface area contributed by atoms with Crippen molar-refractivity contribution in [3.05, 3.63) is 41.2 Å². The molecule has 1 heterocycles. The van der Waals surface area contributed by atoms with E-state index in [2.05, 4.69) is 10.3 Å². The van der Waals surface area contributed by atoms with Crippen molar-refractivity contribution in [3.8, 4) is 0 Å². The summed E-state index contributed by atoms with van der Waals surface area (Å²) in [5.74, 6) is -0.481. The summed E-state index contributed by atoms with van der Waals surface area (Å²) in [5.41, 5.74) is 0.405. The van der Waals surface area contributed by atoms with Gasteiger partial charge in [-0.25, -0.2) is 4.98 Å². The number of rotatable bonds is 4. The number of nitrogens with one attached hydrogen (secondary N) is 1. The predicted octanol–water partition coefficient (Wildman–Crippen LogP) is 2.10. The third-order valence-electron chi connectivity index (χ3n) is 3.29. The summed E-state index contributed by atoms with van der Waals surface area (Å²) in [7, 11) is 1.69. The molecule has 2 aromatic rings. The minimum Gasteiger partial charge on any atom is -0.345 e. The molecule has 1 aromatic heterocycles. The van der Waals surface area contributed by atoms with Gasteiger partial charge in [-0.05, 0) is 12.3 Å². The number of nitrogens with zero attached hydrogens (tertiary/aromatic N) is 2. The number of fused-ring (bicyclic) bond motifs is 1. The summed E-state index contributed by atoms with van der Waals surface area (Å²) in [4.78, 5) is 29.5. The third kappa shape index (κ3) is 3.31. The van der Waals surface area contributed by atoms with Crippen molar-refractivity contribution in [3.63, 3.8) is 0 Å². The molecular formula is C15H16ClN3O2. The molecule has 110 valence electrons. The van der Waals surface area contributed by atoms with Gasteiger partial charge in [-0.2, -0.15) is 0 Å². The third-order valence-corrected chi connectivity index (χ3v) is 3.59. The monoisotopic (exact) mass is 305 g/mol. The van der Waals surface area contributed by atoms with E-state index in [0.717, 1.165) is 0 Å². The first-order valence-corrected chi connectivity index (χ1v) is 6.97. The maximum Gasteiger partial charge on any atom is 0.253 e. The molecule has 0 saturated carbocycles. The number of hydrogen-bond donors (Lipinski definition) is 1. The van der Waals surface area contributed by atoms with E-state index in [1.165, 1.54) is 6.20 Å². The van der Waals surface area contributed by atoms with Crippen molar-refractivity contribution in [2.45, 2.75) is 6.92 Å². The summed E-state index contributed by atoms with van der Waals surface area (Å²) < 4.78 is 0. The number of amides is 2. The minimum absolute atomic E-state index is 0.0415. The molecule has 0 aliphatic heterocycles. The number of benzene rings is 1. The van der Waals surface area contributed by atoms with Gasteiger partial charge in [-0.15, -0.1) is 0 Å². The van der Waals surface area contributed by atoms with Crippen LogP contribution in [0.3, 0.4) is 0 Å². The fraction of sp³-hybridized carbons (Fsp3) is 0.267. The Kier molecular flexibility index (Phi) is 4.75. The molecule has 0 radical (unpaired) electrons. The fourth-order valence-corrected chi connectivity index (χ4v) is 2.12. The minimum atomic E-state index is -0.340. The highest BCUT2D eigenvalue weighted by atomic mass is 35.5. The highest BCUT2D eigenvalue weighted by molar-refractivity contribution is 6.34. The Hall–Kier alpha value is -2.14. The van der Waals surface area contributed by atoms with Gasteiger partial charge in [0.1, 0.15) is 5.15 Å². The first kappa shape index (κ1) is 15.3. The zero-order chi connectivity index (χ0) is 15.4. The highest BCUT2D eigenvalue weighted by Gasteiger charge is 2.14. The van der Waals surface area contributed by atoms with Crippen LogP contribution in [0.1, 0.15) is 17.3 Å². The number of carbonyl (C=O) groups excluding carboxylic acids is 2. The van der Waals surface area contributed by atoms with Gasteiger partial charge < -0.3 is 10.2 Å². The first-order chi connectivity index (χ1) is 10.0. The molecule has 6 heteroatoms. The van der Waals surface area contributed by atoms with E-state index in [4.69, 9.17) is 11.6 Å². The van der Waals surface area contributed by atoms with E-state index in [-0.39, 0.29) is 18.4 Å². The second-order valence-corrected chi connectivity index (χ2v) is 4.96. The van der Waals surface area contributed by atoms with Gasteiger partial charge in [0.15, 0.2) is 0 Å². The van der Waals surface area contributed by atoms with E-state index >= 15 is 0 Å². The molecule has 0 saturated heterocycles. The van der Waals surface area contributed by atoms with Gasteiger partial charge in [-0.3, -0.25) is 9.59 Å². The lowest BCUT2D eigenvalue weighted by atomic mass is 10.1. The number of pyridine rings is 1. The molecule has 21 heavy (non-hydrogen) atoms. The quantitative estimate of drug-likeness (QED) is 0.880. The number of hydrogen-bond acceptors (Lipinski definition) is 3. The molecule has 0 bridgehead atoms. The maximum absolute atomic E-state index is 12.2. The van der Waals surface area contributed by atoms with Crippen LogP contribution >= 0.6 is 11.6 Å². The molecule has 1 aromatic carbocycles. The Morgan fingerprint density at radius 3 is 2.62 bits per heavy atom. The van der Waals surface area contributed by atoms with Gasteiger partial charge in [0.2, 0.25) is 5.91 Å². The predicted molar refractivity (Wildman–Crippen MR) is 82.4 cm³/mol. The van der Waals surface area contributed by atoms with Crippen molar-refractivity contribution in [2.75, 3.05) is 20.1 Å². The van der Waals surface area contributed by atoms with Crippen molar-refractivity contribution in [2.24, 2.45) is 0 Å².